The second-order valence-corrected chi connectivity index (χ2v) is 8.29. The maximum Gasteiger partial charge on any atom is 0.256 e. The highest BCUT2D eigenvalue weighted by molar-refractivity contribution is 7.95. The molecule has 0 saturated heterocycles. The number of anilines is 1. The number of aromatic nitrogens is 1. The first kappa shape index (κ1) is 18.7. The van der Waals surface area contributed by atoms with Gasteiger partial charge < -0.3 is 10.7 Å². The van der Waals surface area contributed by atoms with E-state index in [9.17, 15) is 13.2 Å². The maximum atomic E-state index is 12.1. The third-order valence-electron chi connectivity index (χ3n) is 4.83. The zero-order valence-electron chi connectivity index (χ0n) is 15.4. The minimum atomic E-state index is -3.58. The van der Waals surface area contributed by atoms with Crippen molar-refractivity contribution in [1.29, 1.82) is 0 Å². The third kappa shape index (κ3) is 3.10. The first-order chi connectivity index (χ1) is 12.7. The molecule has 1 amide bonds. The van der Waals surface area contributed by atoms with Gasteiger partial charge >= 0.3 is 0 Å². The lowest BCUT2D eigenvalue weighted by Crippen LogP contribution is -2.23. The summed E-state index contributed by atoms with van der Waals surface area (Å²) in [6, 6.07) is 10.7. The number of amides is 1. The fourth-order valence-corrected chi connectivity index (χ4v) is 3.80. The van der Waals surface area contributed by atoms with Gasteiger partial charge in [-0.1, -0.05) is 24.8 Å². The number of nitrogens with zero attached hydrogens (tertiary/aromatic N) is 1. The molecule has 0 fully saturated rings. The number of carbonyl (C=O) groups excluding carboxylic acids is 1. The number of aryl methyl sites for hydroxylation is 2. The molecule has 0 atom stereocenters. The van der Waals surface area contributed by atoms with Crippen molar-refractivity contribution in [3.05, 3.63) is 65.2 Å². The van der Waals surface area contributed by atoms with Gasteiger partial charge in [0.1, 0.15) is 0 Å². The van der Waals surface area contributed by atoms with Gasteiger partial charge in [0.2, 0.25) is 0 Å². The molecule has 140 valence electrons. The Kier molecular flexibility index (Phi) is 4.57. The van der Waals surface area contributed by atoms with E-state index in [-0.39, 0.29) is 0 Å². The topological polar surface area (TPSA) is 96.3 Å². The van der Waals surface area contributed by atoms with Gasteiger partial charge in [-0.3, -0.25) is 9.10 Å². The van der Waals surface area contributed by atoms with E-state index in [1.165, 1.54) is 11.4 Å². The van der Waals surface area contributed by atoms with Crippen LogP contribution in [0.25, 0.3) is 22.0 Å². The number of hydrogen-bond donors (Lipinski definition) is 2. The molecule has 3 rings (SSSR count). The van der Waals surface area contributed by atoms with E-state index in [4.69, 9.17) is 5.73 Å². The summed E-state index contributed by atoms with van der Waals surface area (Å²) in [6.07, 6.45) is 0. The Labute approximate surface area is 158 Å². The van der Waals surface area contributed by atoms with Gasteiger partial charge in [-0.2, -0.15) is 0 Å². The molecule has 2 aromatic carbocycles. The third-order valence-corrected chi connectivity index (χ3v) is 6.23. The number of aromatic amines is 1. The Morgan fingerprint density at radius 3 is 2.56 bits per heavy atom. The van der Waals surface area contributed by atoms with Crippen LogP contribution in [0.3, 0.4) is 0 Å². The van der Waals surface area contributed by atoms with Crippen LogP contribution in [0.1, 0.15) is 21.6 Å². The van der Waals surface area contributed by atoms with Crippen molar-refractivity contribution in [2.75, 3.05) is 11.4 Å². The summed E-state index contributed by atoms with van der Waals surface area (Å²) in [7, 11) is -2.11. The zero-order chi connectivity index (χ0) is 19.9. The Balaban J connectivity index is 2.26. The van der Waals surface area contributed by atoms with E-state index in [1.807, 2.05) is 26.0 Å². The van der Waals surface area contributed by atoms with Crippen LogP contribution >= 0.6 is 0 Å². The second kappa shape index (κ2) is 6.59. The van der Waals surface area contributed by atoms with Crippen LogP contribution < -0.4 is 10.0 Å². The molecule has 3 aromatic rings. The van der Waals surface area contributed by atoms with Gasteiger partial charge in [-0.15, -0.1) is 0 Å². The number of H-pyrrole nitrogens is 1. The standard InChI is InChI=1S/C20H21N3O3S/c1-5-27(25,26)23(4)15-8-6-7-14(11-15)16-9-10-17(20(21)24)19-18(16)12(2)13(3)22-19/h5-11,22H,1H2,2-4H3,(H2,21,24). The number of nitrogens with one attached hydrogen (secondary N) is 1. The fraction of sp³-hybridized carbons (Fsp3) is 0.150. The van der Waals surface area contributed by atoms with Crippen LogP contribution in [0.5, 0.6) is 0 Å². The summed E-state index contributed by atoms with van der Waals surface area (Å²) in [5.74, 6) is -0.502. The van der Waals surface area contributed by atoms with E-state index < -0.39 is 15.9 Å². The SMILES string of the molecule is C=CS(=O)(=O)N(C)c1cccc(-c2ccc(C(N)=O)c3[nH]c(C)c(C)c23)c1. The first-order valence-electron chi connectivity index (χ1n) is 8.31. The van der Waals surface area contributed by atoms with Crippen molar-refractivity contribution in [3.63, 3.8) is 0 Å². The number of primary amides is 1. The summed E-state index contributed by atoms with van der Waals surface area (Å²) in [6.45, 7) is 7.27. The van der Waals surface area contributed by atoms with E-state index in [1.54, 1.807) is 24.3 Å². The average Bonchev–Trinajstić information content (AvgIpc) is 2.95. The Morgan fingerprint density at radius 2 is 1.93 bits per heavy atom. The first-order valence-corrected chi connectivity index (χ1v) is 9.81. The van der Waals surface area contributed by atoms with Gasteiger partial charge in [-0.05, 0) is 48.7 Å². The number of fused-ring (bicyclic) bond motifs is 1. The number of hydrogen-bond acceptors (Lipinski definition) is 3. The van der Waals surface area contributed by atoms with E-state index >= 15 is 0 Å². The highest BCUT2D eigenvalue weighted by Crippen LogP contribution is 2.36. The average molecular weight is 383 g/mol. The number of nitrogens with two attached hydrogens (primary N) is 1. The Hall–Kier alpha value is -3.06. The van der Waals surface area contributed by atoms with E-state index in [0.717, 1.165) is 33.2 Å². The molecule has 3 N–H and O–H groups in total. The van der Waals surface area contributed by atoms with Crippen LogP contribution in [-0.2, 0) is 10.0 Å². The molecule has 0 aliphatic heterocycles. The molecule has 0 aliphatic carbocycles. The monoisotopic (exact) mass is 383 g/mol. The lowest BCUT2D eigenvalue weighted by Gasteiger charge is -2.18. The summed E-state index contributed by atoms with van der Waals surface area (Å²) >= 11 is 0. The minimum absolute atomic E-state index is 0.424. The van der Waals surface area contributed by atoms with Gasteiger partial charge in [0.15, 0.2) is 0 Å². The van der Waals surface area contributed by atoms with Crippen molar-refractivity contribution in [2.45, 2.75) is 13.8 Å². The van der Waals surface area contributed by atoms with Crippen LogP contribution in [0.4, 0.5) is 5.69 Å². The van der Waals surface area contributed by atoms with Gasteiger partial charge in [0.05, 0.1) is 16.8 Å². The molecule has 0 spiro atoms. The van der Waals surface area contributed by atoms with Crippen LogP contribution in [0.2, 0.25) is 0 Å². The van der Waals surface area contributed by atoms with Gasteiger partial charge in [0, 0.05) is 23.5 Å². The Bertz CT molecular complexity index is 1180. The highest BCUT2D eigenvalue weighted by Gasteiger charge is 2.18. The lowest BCUT2D eigenvalue weighted by atomic mass is 9.96. The summed E-state index contributed by atoms with van der Waals surface area (Å²) < 4.78 is 25.4. The molecule has 0 unspecified atom stereocenters. The van der Waals surface area contributed by atoms with Crippen LogP contribution in [-0.4, -0.2) is 26.4 Å². The minimum Gasteiger partial charge on any atom is -0.366 e. The molecular formula is C20H21N3O3S. The molecule has 0 saturated carbocycles. The van der Waals surface area contributed by atoms with Gasteiger partial charge in [-0.25, -0.2) is 8.42 Å². The second-order valence-electron chi connectivity index (χ2n) is 6.38. The van der Waals surface area contributed by atoms with Crippen molar-refractivity contribution in [1.82, 2.24) is 4.98 Å². The zero-order valence-corrected chi connectivity index (χ0v) is 16.2. The van der Waals surface area contributed by atoms with Crippen molar-refractivity contribution in [2.24, 2.45) is 5.73 Å². The van der Waals surface area contributed by atoms with Crippen molar-refractivity contribution >= 4 is 32.5 Å². The molecule has 0 bridgehead atoms. The molecule has 6 nitrogen and oxygen atoms in total. The lowest BCUT2D eigenvalue weighted by molar-refractivity contribution is 0.100. The Morgan fingerprint density at radius 1 is 1.22 bits per heavy atom. The van der Waals surface area contributed by atoms with Crippen LogP contribution in [0.15, 0.2) is 48.4 Å². The van der Waals surface area contributed by atoms with Gasteiger partial charge in [0.25, 0.3) is 15.9 Å². The predicted octanol–water partition coefficient (Wildman–Crippen LogP) is 3.46. The van der Waals surface area contributed by atoms with Crippen molar-refractivity contribution < 1.29 is 13.2 Å². The molecule has 27 heavy (non-hydrogen) atoms. The summed E-state index contributed by atoms with van der Waals surface area (Å²) in [5.41, 5.74) is 10.8. The normalized spacial score (nSPS) is 11.5. The van der Waals surface area contributed by atoms with Crippen LogP contribution in [0, 0.1) is 13.8 Å². The number of rotatable bonds is 5. The highest BCUT2D eigenvalue weighted by atomic mass is 32.2. The molecule has 0 radical (unpaired) electrons. The van der Waals surface area contributed by atoms with E-state index in [0.29, 0.717) is 16.8 Å². The summed E-state index contributed by atoms with van der Waals surface area (Å²) in [5, 5.41) is 1.81. The van der Waals surface area contributed by atoms with Crippen molar-refractivity contribution in [3.8, 4) is 11.1 Å². The maximum absolute atomic E-state index is 12.1. The number of sulfonamides is 1. The molecule has 7 heteroatoms. The molecular weight excluding hydrogens is 362 g/mol. The summed E-state index contributed by atoms with van der Waals surface area (Å²) in [4.78, 5) is 15.0. The molecule has 0 aliphatic rings. The fourth-order valence-electron chi connectivity index (χ4n) is 3.16. The number of carbonyl (C=O) groups is 1. The molecule has 1 aromatic heterocycles. The number of benzene rings is 2. The smallest absolute Gasteiger partial charge is 0.256 e. The quantitative estimate of drug-likeness (QED) is 0.706. The van der Waals surface area contributed by atoms with E-state index in [2.05, 4.69) is 11.6 Å². The largest absolute Gasteiger partial charge is 0.366 e. The predicted molar refractivity (Wildman–Crippen MR) is 109 cm³/mol. The molecule has 1 heterocycles.